The lowest BCUT2D eigenvalue weighted by Gasteiger charge is -2.15. The van der Waals surface area contributed by atoms with Crippen LogP contribution in [0.2, 0.25) is 0 Å². The summed E-state index contributed by atoms with van der Waals surface area (Å²) in [5, 5.41) is 0. The first-order valence-electron chi connectivity index (χ1n) is 6.07. The number of hydrogen-bond donors (Lipinski definition) is 1. The molecule has 1 aromatic heterocycles. The Kier molecular flexibility index (Phi) is 4.33. The number of benzene rings is 1. The van der Waals surface area contributed by atoms with E-state index in [2.05, 4.69) is 36.0 Å². The standard InChI is InChI=1S/C14H19N3S/c1-11-14(18-10-16-11)9-17(2)8-7-12-3-5-13(15)6-4-12/h3-6,10H,7-9,15H2,1-2H3. The van der Waals surface area contributed by atoms with Gasteiger partial charge in [0.25, 0.3) is 0 Å². The van der Waals surface area contributed by atoms with Crippen molar-refractivity contribution in [3.05, 3.63) is 45.9 Å². The minimum absolute atomic E-state index is 0.826. The Balaban J connectivity index is 1.83. The van der Waals surface area contributed by atoms with Crippen molar-refractivity contribution in [1.82, 2.24) is 9.88 Å². The fourth-order valence-electron chi connectivity index (χ4n) is 1.81. The van der Waals surface area contributed by atoms with Gasteiger partial charge in [0.1, 0.15) is 0 Å². The molecule has 0 aliphatic carbocycles. The Morgan fingerprint density at radius 2 is 2.00 bits per heavy atom. The van der Waals surface area contributed by atoms with Crippen LogP contribution >= 0.6 is 11.3 Å². The summed E-state index contributed by atoms with van der Waals surface area (Å²) in [6, 6.07) is 8.12. The number of thiazole rings is 1. The van der Waals surface area contributed by atoms with Crippen LogP contribution in [0.15, 0.2) is 29.8 Å². The molecule has 3 nitrogen and oxygen atoms in total. The van der Waals surface area contributed by atoms with Crippen molar-refractivity contribution in [3.63, 3.8) is 0 Å². The van der Waals surface area contributed by atoms with E-state index >= 15 is 0 Å². The molecule has 0 unspecified atom stereocenters. The van der Waals surface area contributed by atoms with Gasteiger partial charge in [-0.05, 0) is 38.1 Å². The van der Waals surface area contributed by atoms with Crippen molar-refractivity contribution in [3.8, 4) is 0 Å². The van der Waals surface area contributed by atoms with Gasteiger partial charge in [-0.25, -0.2) is 4.98 Å². The van der Waals surface area contributed by atoms with Crippen LogP contribution in [0.4, 0.5) is 5.69 Å². The molecule has 0 bridgehead atoms. The van der Waals surface area contributed by atoms with Gasteiger partial charge in [0, 0.05) is 23.7 Å². The monoisotopic (exact) mass is 261 g/mol. The number of nitrogens with two attached hydrogens (primary N) is 1. The molecular formula is C14H19N3S. The average Bonchev–Trinajstić information content (AvgIpc) is 2.74. The fourth-order valence-corrected chi connectivity index (χ4v) is 2.66. The van der Waals surface area contributed by atoms with E-state index in [4.69, 9.17) is 5.73 Å². The van der Waals surface area contributed by atoms with Crippen molar-refractivity contribution < 1.29 is 0 Å². The molecule has 18 heavy (non-hydrogen) atoms. The second-order valence-corrected chi connectivity index (χ2v) is 5.53. The number of hydrogen-bond acceptors (Lipinski definition) is 4. The molecule has 2 aromatic rings. The maximum Gasteiger partial charge on any atom is 0.0798 e. The average molecular weight is 261 g/mol. The van der Waals surface area contributed by atoms with Crippen LogP contribution in [0.3, 0.4) is 0 Å². The SMILES string of the molecule is Cc1ncsc1CN(C)CCc1ccc(N)cc1. The summed E-state index contributed by atoms with van der Waals surface area (Å²) in [7, 11) is 2.15. The number of aromatic nitrogens is 1. The molecule has 0 saturated heterocycles. The zero-order valence-electron chi connectivity index (χ0n) is 10.9. The molecule has 0 aliphatic heterocycles. The van der Waals surface area contributed by atoms with Crippen LogP contribution in [0, 0.1) is 6.92 Å². The molecule has 0 fully saturated rings. The molecule has 0 aliphatic rings. The van der Waals surface area contributed by atoms with E-state index in [-0.39, 0.29) is 0 Å². The first-order valence-corrected chi connectivity index (χ1v) is 6.95. The van der Waals surface area contributed by atoms with Crippen molar-refractivity contribution >= 4 is 17.0 Å². The molecule has 0 saturated carbocycles. The molecule has 2 rings (SSSR count). The van der Waals surface area contributed by atoms with Crippen LogP contribution in [-0.4, -0.2) is 23.5 Å². The maximum atomic E-state index is 5.67. The van der Waals surface area contributed by atoms with E-state index in [1.54, 1.807) is 11.3 Å². The molecule has 0 radical (unpaired) electrons. The Morgan fingerprint density at radius 1 is 1.28 bits per heavy atom. The van der Waals surface area contributed by atoms with Crippen molar-refractivity contribution in [2.75, 3.05) is 19.3 Å². The molecule has 1 aromatic carbocycles. The summed E-state index contributed by atoms with van der Waals surface area (Å²) in [5.41, 5.74) is 10.9. The van der Waals surface area contributed by atoms with Gasteiger partial charge in [0.2, 0.25) is 0 Å². The summed E-state index contributed by atoms with van der Waals surface area (Å²) in [5.74, 6) is 0. The van der Waals surface area contributed by atoms with E-state index in [0.717, 1.165) is 30.9 Å². The van der Waals surface area contributed by atoms with Gasteiger partial charge in [-0.15, -0.1) is 11.3 Å². The Hall–Kier alpha value is -1.39. The van der Waals surface area contributed by atoms with Crippen molar-refractivity contribution in [2.24, 2.45) is 0 Å². The van der Waals surface area contributed by atoms with Crippen LogP contribution in [0.1, 0.15) is 16.1 Å². The number of nitrogens with zero attached hydrogens (tertiary/aromatic N) is 2. The largest absolute Gasteiger partial charge is 0.399 e. The summed E-state index contributed by atoms with van der Waals surface area (Å²) >= 11 is 1.73. The Bertz CT molecular complexity index is 490. The number of nitrogen functional groups attached to an aromatic ring is 1. The summed E-state index contributed by atoms with van der Waals surface area (Å²) < 4.78 is 0. The smallest absolute Gasteiger partial charge is 0.0798 e. The number of rotatable bonds is 5. The predicted molar refractivity (Wildman–Crippen MR) is 77.7 cm³/mol. The third-order valence-electron chi connectivity index (χ3n) is 3.02. The molecular weight excluding hydrogens is 242 g/mol. The molecule has 2 N–H and O–H groups in total. The highest BCUT2D eigenvalue weighted by molar-refractivity contribution is 7.09. The van der Waals surface area contributed by atoms with E-state index in [0.29, 0.717) is 0 Å². The zero-order chi connectivity index (χ0) is 13.0. The molecule has 0 amide bonds. The van der Waals surface area contributed by atoms with E-state index in [1.807, 2.05) is 17.6 Å². The number of aryl methyl sites for hydroxylation is 1. The third-order valence-corrected chi connectivity index (χ3v) is 3.94. The maximum absolute atomic E-state index is 5.67. The second-order valence-electron chi connectivity index (χ2n) is 4.59. The van der Waals surface area contributed by atoms with E-state index in [9.17, 15) is 0 Å². The van der Waals surface area contributed by atoms with Gasteiger partial charge in [-0.2, -0.15) is 0 Å². The van der Waals surface area contributed by atoms with Gasteiger partial charge in [-0.3, -0.25) is 0 Å². The minimum Gasteiger partial charge on any atom is -0.399 e. The molecule has 96 valence electrons. The molecule has 0 atom stereocenters. The first-order chi connectivity index (χ1) is 8.65. The molecule has 1 heterocycles. The minimum atomic E-state index is 0.826. The highest BCUT2D eigenvalue weighted by atomic mass is 32.1. The molecule has 0 spiro atoms. The Labute approximate surface area is 112 Å². The van der Waals surface area contributed by atoms with Crippen LogP contribution in [-0.2, 0) is 13.0 Å². The van der Waals surface area contributed by atoms with Crippen LogP contribution < -0.4 is 5.73 Å². The highest BCUT2D eigenvalue weighted by Gasteiger charge is 2.05. The third kappa shape index (κ3) is 3.55. The van der Waals surface area contributed by atoms with Gasteiger partial charge < -0.3 is 10.6 Å². The first kappa shape index (κ1) is 13.1. The van der Waals surface area contributed by atoms with Gasteiger partial charge in [0.05, 0.1) is 11.2 Å². The van der Waals surface area contributed by atoms with E-state index < -0.39 is 0 Å². The van der Waals surface area contributed by atoms with Crippen molar-refractivity contribution in [1.29, 1.82) is 0 Å². The normalized spacial score (nSPS) is 11.1. The number of anilines is 1. The topological polar surface area (TPSA) is 42.2 Å². The summed E-state index contributed by atoms with van der Waals surface area (Å²) in [6.45, 7) is 4.09. The van der Waals surface area contributed by atoms with Gasteiger partial charge in [0.15, 0.2) is 0 Å². The van der Waals surface area contributed by atoms with Crippen molar-refractivity contribution in [2.45, 2.75) is 19.9 Å². The van der Waals surface area contributed by atoms with Gasteiger partial charge >= 0.3 is 0 Å². The Morgan fingerprint density at radius 3 is 2.61 bits per heavy atom. The van der Waals surface area contributed by atoms with E-state index in [1.165, 1.54) is 10.4 Å². The zero-order valence-corrected chi connectivity index (χ0v) is 11.7. The van der Waals surface area contributed by atoms with Crippen LogP contribution in [0.5, 0.6) is 0 Å². The highest BCUT2D eigenvalue weighted by Crippen LogP contribution is 2.14. The summed E-state index contributed by atoms with van der Waals surface area (Å²) in [6.07, 6.45) is 1.05. The lowest BCUT2D eigenvalue weighted by molar-refractivity contribution is 0.333. The summed E-state index contributed by atoms with van der Waals surface area (Å²) in [4.78, 5) is 7.96. The quantitative estimate of drug-likeness (QED) is 0.841. The lowest BCUT2D eigenvalue weighted by atomic mass is 10.1. The van der Waals surface area contributed by atoms with Crippen LogP contribution in [0.25, 0.3) is 0 Å². The predicted octanol–water partition coefficient (Wildman–Crippen LogP) is 2.71. The lowest BCUT2D eigenvalue weighted by Crippen LogP contribution is -2.20. The fraction of sp³-hybridized carbons (Fsp3) is 0.357. The second kappa shape index (κ2) is 5.98. The number of likely N-dealkylation sites (N-methyl/N-ethyl adjacent to an activating group) is 1. The van der Waals surface area contributed by atoms with Gasteiger partial charge in [-0.1, -0.05) is 12.1 Å². The molecule has 4 heteroatoms.